The maximum atomic E-state index is 5.15. The summed E-state index contributed by atoms with van der Waals surface area (Å²) >= 11 is 0. The molecular formula is C42H31N3. The van der Waals surface area contributed by atoms with Crippen molar-refractivity contribution in [3.05, 3.63) is 163 Å². The molecule has 0 bridgehead atoms. The van der Waals surface area contributed by atoms with E-state index in [1.54, 1.807) is 0 Å². The molecule has 0 unspecified atom stereocenters. The van der Waals surface area contributed by atoms with E-state index in [4.69, 9.17) is 9.97 Å². The fourth-order valence-corrected chi connectivity index (χ4v) is 6.15. The fraction of sp³-hybridized carbons (Fsp3) is 0.0476. The molecule has 8 aromatic rings. The second-order valence-electron chi connectivity index (χ2n) is 11.7. The number of nitrogens with zero attached hydrogens (tertiary/aromatic N) is 3. The Morgan fingerprint density at radius 1 is 0.400 bits per heavy atom. The lowest BCUT2D eigenvalue weighted by Crippen LogP contribution is -1.96. The van der Waals surface area contributed by atoms with E-state index in [2.05, 4.69) is 170 Å². The van der Waals surface area contributed by atoms with E-state index >= 15 is 0 Å². The highest BCUT2D eigenvalue weighted by atomic mass is 15.0. The predicted octanol–water partition coefficient (Wildman–Crippen LogP) is 10.9. The minimum atomic E-state index is 0.723. The molecule has 0 radical (unpaired) electrons. The average molecular weight is 578 g/mol. The number of aromatic nitrogens is 3. The first-order valence-electron chi connectivity index (χ1n) is 15.3. The van der Waals surface area contributed by atoms with Crippen molar-refractivity contribution >= 4 is 21.8 Å². The van der Waals surface area contributed by atoms with E-state index in [1.807, 2.05) is 0 Å². The molecule has 8 rings (SSSR count). The van der Waals surface area contributed by atoms with Gasteiger partial charge in [-0.15, -0.1) is 0 Å². The van der Waals surface area contributed by atoms with Crippen LogP contribution in [0.3, 0.4) is 0 Å². The largest absolute Gasteiger partial charge is 0.309 e. The Bertz CT molecular complexity index is 2230. The molecule has 0 spiro atoms. The third-order valence-electron chi connectivity index (χ3n) is 8.57. The van der Waals surface area contributed by atoms with Gasteiger partial charge in [-0.25, -0.2) is 9.97 Å². The summed E-state index contributed by atoms with van der Waals surface area (Å²) in [5.41, 5.74) is 13.3. The number of aryl methyl sites for hydroxylation is 2. The molecule has 0 aliphatic carbocycles. The predicted molar refractivity (Wildman–Crippen MR) is 188 cm³/mol. The normalized spacial score (nSPS) is 11.3. The Morgan fingerprint density at radius 2 is 0.889 bits per heavy atom. The average Bonchev–Trinajstić information content (AvgIpc) is 3.42. The summed E-state index contributed by atoms with van der Waals surface area (Å²) in [6, 6.07) is 53.8. The molecule has 214 valence electrons. The molecule has 0 saturated carbocycles. The second kappa shape index (κ2) is 11.0. The molecule has 2 heterocycles. The van der Waals surface area contributed by atoms with Crippen molar-refractivity contribution in [3.63, 3.8) is 0 Å². The number of para-hydroxylation sites is 1. The molecule has 0 aliphatic rings. The minimum absolute atomic E-state index is 0.723. The second-order valence-corrected chi connectivity index (χ2v) is 11.7. The Balaban J connectivity index is 1.36. The smallest absolute Gasteiger partial charge is 0.160 e. The van der Waals surface area contributed by atoms with Crippen LogP contribution in [0.25, 0.3) is 72.5 Å². The van der Waals surface area contributed by atoms with Crippen molar-refractivity contribution in [3.8, 4) is 50.7 Å². The molecular weight excluding hydrogens is 546 g/mol. The SMILES string of the molecule is Cc1ccc(-c2cc(-c3ccc4c(c3)c3cc(-c5ccccc5)ccc3n4-c3ccccc3)nc(-c3ccc(C)cc3)n2)cc1. The minimum Gasteiger partial charge on any atom is -0.309 e. The zero-order chi connectivity index (χ0) is 30.3. The van der Waals surface area contributed by atoms with Gasteiger partial charge in [-0.05, 0) is 67.4 Å². The zero-order valence-corrected chi connectivity index (χ0v) is 25.3. The lowest BCUT2D eigenvalue weighted by molar-refractivity contribution is 1.17. The molecule has 45 heavy (non-hydrogen) atoms. The molecule has 6 aromatic carbocycles. The van der Waals surface area contributed by atoms with Crippen LogP contribution >= 0.6 is 0 Å². The Morgan fingerprint density at radius 3 is 1.51 bits per heavy atom. The first-order valence-corrected chi connectivity index (χ1v) is 15.3. The maximum absolute atomic E-state index is 5.15. The topological polar surface area (TPSA) is 30.7 Å². The highest BCUT2D eigenvalue weighted by molar-refractivity contribution is 6.11. The number of rotatable bonds is 5. The van der Waals surface area contributed by atoms with Crippen LogP contribution in [0.15, 0.2) is 152 Å². The van der Waals surface area contributed by atoms with Gasteiger partial charge in [0, 0.05) is 33.2 Å². The lowest BCUT2D eigenvalue weighted by atomic mass is 10.0. The fourth-order valence-electron chi connectivity index (χ4n) is 6.15. The number of hydrogen-bond acceptors (Lipinski definition) is 2. The van der Waals surface area contributed by atoms with Gasteiger partial charge in [-0.1, -0.05) is 120 Å². The van der Waals surface area contributed by atoms with Gasteiger partial charge in [0.1, 0.15) is 0 Å². The van der Waals surface area contributed by atoms with Crippen LogP contribution in [0, 0.1) is 13.8 Å². The third-order valence-corrected chi connectivity index (χ3v) is 8.57. The van der Waals surface area contributed by atoms with Gasteiger partial charge in [0.2, 0.25) is 0 Å². The zero-order valence-electron chi connectivity index (χ0n) is 25.3. The summed E-state index contributed by atoms with van der Waals surface area (Å²) in [6.07, 6.45) is 0. The van der Waals surface area contributed by atoms with Crippen LogP contribution < -0.4 is 0 Å². The van der Waals surface area contributed by atoms with Gasteiger partial charge in [-0.2, -0.15) is 0 Å². The Hall–Kier alpha value is -5.80. The highest BCUT2D eigenvalue weighted by Gasteiger charge is 2.16. The van der Waals surface area contributed by atoms with Crippen molar-refractivity contribution < 1.29 is 0 Å². The summed E-state index contributed by atoms with van der Waals surface area (Å²) in [5.74, 6) is 0.723. The van der Waals surface area contributed by atoms with Crippen molar-refractivity contribution in [2.45, 2.75) is 13.8 Å². The standard InChI is InChI=1S/C42H31N3/c1-28-13-17-31(18-14-28)38-27-39(44-42(43-38)32-19-15-29(2)16-20-32)34-22-24-41-37(26-34)36-25-33(30-9-5-3-6-10-30)21-23-40(36)45(41)35-11-7-4-8-12-35/h3-27H,1-2H3. The van der Waals surface area contributed by atoms with E-state index in [0.717, 1.165) is 45.1 Å². The third kappa shape index (κ3) is 4.99. The molecule has 0 aliphatic heterocycles. The van der Waals surface area contributed by atoms with Crippen LogP contribution in [0.5, 0.6) is 0 Å². The lowest BCUT2D eigenvalue weighted by Gasteiger charge is -2.11. The molecule has 3 nitrogen and oxygen atoms in total. The summed E-state index contributed by atoms with van der Waals surface area (Å²) < 4.78 is 2.36. The summed E-state index contributed by atoms with van der Waals surface area (Å²) in [4.78, 5) is 10.2. The van der Waals surface area contributed by atoms with Gasteiger partial charge < -0.3 is 4.57 Å². The van der Waals surface area contributed by atoms with Crippen LogP contribution in [-0.2, 0) is 0 Å². The van der Waals surface area contributed by atoms with Crippen molar-refractivity contribution in [1.29, 1.82) is 0 Å². The van der Waals surface area contributed by atoms with Crippen LogP contribution in [0.1, 0.15) is 11.1 Å². The molecule has 0 fully saturated rings. The highest BCUT2D eigenvalue weighted by Crippen LogP contribution is 2.37. The van der Waals surface area contributed by atoms with Crippen molar-refractivity contribution in [1.82, 2.24) is 14.5 Å². The van der Waals surface area contributed by atoms with E-state index in [-0.39, 0.29) is 0 Å². The molecule has 0 N–H and O–H groups in total. The molecule has 0 saturated heterocycles. The van der Waals surface area contributed by atoms with Gasteiger partial charge in [-0.3, -0.25) is 0 Å². The monoisotopic (exact) mass is 577 g/mol. The van der Waals surface area contributed by atoms with Crippen LogP contribution in [-0.4, -0.2) is 14.5 Å². The van der Waals surface area contributed by atoms with E-state index in [1.165, 1.54) is 38.5 Å². The van der Waals surface area contributed by atoms with E-state index in [0.29, 0.717) is 0 Å². The quantitative estimate of drug-likeness (QED) is 0.204. The van der Waals surface area contributed by atoms with E-state index < -0.39 is 0 Å². The maximum Gasteiger partial charge on any atom is 0.160 e. The first kappa shape index (κ1) is 26.8. The van der Waals surface area contributed by atoms with Gasteiger partial charge in [0.25, 0.3) is 0 Å². The number of fused-ring (bicyclic) bond motifs is 3. The molecule has 3 heteroatoms. The van der Waals surface area contributed by atoms with Crippen molar-refractivity contribution in [2.24, 2.45) is 0 Å². The van der Waals surface area contributed by atoms with Gasteiger partial charge in [0.05, 0.1) is 22.4 Å². The van der Waals surface area contributed by atoms with Crippen molar-refractivity contribution in [2.75, 3.05) is 0 Å². The van der Waals surface area contributed by atoms with Crippen LogP contribution in [0.4, 0.5) is 0 Å². The summed E-state index contributed by atoms with van der Waals surface area (Å²) in [5, 5.41) is 2.40. The summed E-state index contributed by atoms with van der Waals surface area (Å²) in [6.45, 7) is 4.21. The van der Waals surface area contributed by atoms with Crippen LogP contribution in [0.2, 0.25) is 0 Å². The molecule has 2 aromatic heterocycles. The summed E-state index contributed by atoms with van der Waals surface area (Å²) in [7, 11) is 0. The first-order chi connectivity index (χ1) is 22.1. The Kier molecular flexibility index (Phi) is 6.57. The number of hydrogen-bond donors (Lipinski definition) is 0. The van der Waals surface area contributed by atoms with E-state index in [9.17, 15) is 0 Å². The molecule has 0 amide bonds. The van der Waals surface area contributed by atoms with Gasteiger partial charge >= 0.3 is 0 Å². The number of benzene rings is 6. The van der Waals surface area contributed by atoms with Gasteiger partial charge in [0.15, 0.2) is 5.82 Å². The Labute approximate surface area is 263 Å². The molecule has 0 atom stereocenters.